The number of hydrogen-bond donors (Lipinski definition) is 4. The van der Waals surface area contributed by atoms with Crippen molar-refractivity contribution in [1.29, 1.82) is 5.41 Å². The zero-order valence-electron chi connectivity index (χ0n) is 6.47. The van der Waals surface area contributed by atoms with Gasteiger partial charge in [0, 0.05) is 19.8 Å². The number of nitrogens with two attached hydrogens (primary N) is 1. The molecule has 5 heteroatoms. The molecule has 0 unspecified atom stereocenters. The average molecular weight is 161 g/mol. The third kappa shape index (κ3) is 9.19. The van der Waals surface area contributed by atoms with Crippen LogP contribution in [0.15, 0.2) is 0 Å². The second-order valence-corrected chi connectivity index (χ2v) is 2.03. The normalized spacial score (nSPS) is 9.55. The van der Waals surface area contributed by atoms with Crippen LogP contribution in [0.1, 0.15) is 6.42 Å². The number of aliphatic hydroxyl groups excluding tert-OH is 1. The topological polar surface area (TPSA) is 91.4 Å². The maximum absolute atomic E-state index is 8.36. The molecule has 0 aromatic carbocycles. The molecule has 0 aliphatic rings. The third-order valence-electron chi connectivity index (χ3n) is 1.01. The average Bonchev–Trinajstić information content (AvgIpc) is 1.96. The van der Waals surface area contributed by atoms with Gasteiger partial charge in [-0.05, 0) is 6.42 Å². The summed E-state index contributed by atoms with van der Waals surface area (Å²) < 4.78 is 5.05. The van der Waals surface area contributed by atoms with Gasteiger partial charge in [0.2, 0.25) is 0 Å². The van der Waals surface area contributed by atoms with Crippen molar-refractivity contribution in [1.82, 2.24) is 5.32 Å². The van der Waals surface area contributed by atoms with Crippen LogP contribution in [-0.4, -0.2) is 37.4 Å². The molecule has 0 atom stereocenters. The standard InChI is InChI=1S/C6H15N3O2/c7-6(8)9-2-5-11-4-1-3-10/h10H,1-5H2,(H4,7,8,9). The first-order valence-corrected chi connectivity index (χ1v) is 3.54. The van der Waals surface area contributed by atoms with Crippen LogP contribution in [0.4, 0.5) is 0 Å². The molecule has 0 saturated heterocycles. The summed E-state index contributed by atoms with van der Waals surface area (Å²) >= 11 is 0. The van der Waals surface area contributed by atoms with E-state index in [4.69, 9.17) is 21.0 Å². The Balaban J connectivity index is 2.85. The predicted molar refractivity (Wildman–Crippen MR) is 42.4 cm³/mol. The van der Waals surface area contributed by atoms with Gasteiger partial charge in [0.1, 0.15) is 0 Å². The van der Waals surface area contributed by atoms with Crippen molar-refractivity contribution in [3.05, 3.63) is 0 Å². The molecule has 0 aromatic rings. The van der Waals surface area contributed by atoms with Gasteiger partial charge in [0.15, 0.2) is 5.96 Å². The van der Waals surface area contributed by atoms with E-state index >= 15 is 0 Å². The molecule has 0 saturated carbocycles. The molecule has 0 heterocycles. The summed E-state index contributed by atoms with van der Waals surface area (Å²) in [4.78, 5) is 0. The molecule has 66 valence electrons. The minimum atomic E-state index is -0.0456. The molecule has 0 amide bonds. The highest BCUT2D eigenvalue weighted by Crippen LogP contribution is 1.78. The van der Waals surface area contributed by atoms with E-state index in [1.165, 1.54) is 0 Å². The van der Waals surface area contributed by atoms with Crippen LogP contribution >= 0.6 is 0 Å². The van der Waals surface area contributed by atoms with Crippen molar-refractivity contribution >= 4 is 5.96 Å². The molecule has 0 aliphatic carbocycles. The molecule has 0 radical (unpaired) electrons. The summed E-state index contributed by atoms with van der Waals surface area (Å²) in [5, 5.41) is 17.7. The van der Waals surface area contributed by atoms with E-state index in [0.717, 1.165) is 0 Å². The van der Waals surface area contributed by atoms with E-state index in [1.54, 1.807) is 0 Å². The lowest BCUT2D eigenvalue weighted by molar-refractivity contribution is 0.120. The Morgan fingerprint density at radius 1 is 1.55 bits per heavy atom. The number of nitrogens with one attached hydrogen (secondary N) is 2. The van der Waals surface area contributed by atoms with Gasteiger partial charge < -0.3 is 20.9 Å². The molecule has 0 fully saturated rings. The van der Waals surface area contributed by atoms with E-state index in [2.05, 4.69) is 5.32 Å². The summed E-state index contributed by atoms with van der Waals surface area (Å²) in [7, 11) is 0. The zero-order valence-corrected chi connectivity index (χ0v) is 6.47. The second-order valence-electron chi connectivity index (χ2n) is 2.03. The molecule has 0 bridgehead atoms. The third-order valence-corrected chi connectivity index (χ3v) is 1.01. The Bertz CT molecular complexity index is 108. The van der Waals surface area contributed by atoms with E-state index in [0.29, 0.717) is 26.2 Å². The Morgan fingerprint density at radius 2 is 2.27 bits per heavy atom. The largest absolute Gasteiger partial charge is 0.396 e. The lowest BCUT2D eigenvalue weighted by atomic mass is 10.5. The van der Waals surface area contributed by atoms with Gasteiger partial charge in [-0.15, -0.1) is 0 Å². The Kier molecular flexibility index (Phi) is 6.76. The van der Waals surface area contributed by atoms with Crippen LogP contribution in [0.5, 0.6) is 0 Å². The predicted octanol–water partition coefficient (Wildman–Crippen LogP) is -1.13. The molecular formula is C6H15N3O2. The quantitative estimate of drug-likeness (QED) is 0.225. The van der Waals surface area contributed by atoms with E-state index in [1.807, 2.05) is 0 Å². The zero-order chi connectivity index (χ0) is 8.53. The fourth-order valence-electron chi connectivity index (χ4n) is 0.527. The highest BCUT2D eigenvalue weighted by molar-refractivity contribution is 5.74. The van der Waals surface area contributed by atoms with Crippen molar-refractivity contribution in [2.75, 3.05) is 26.4 Å². The molecule has 0 rings (SSSR count). The van der Waals surface area contributed by atoms with E-state index in [9.17, 15) is 0 Å². The lowest BCUT2D eigenvalue weighted by Crippen LogP contribution is -2.32. The van der Waals surface area contributed by atoms with Gasteiger partial charge in [-0.1, -0.05) is 0 Å². The van der Waals surface area contributed by atoms with Crippen molar-refractivity contribution in [2.45, 2.75) is 6.42 Å². The number of ether oxygens (including phenoxy) is 1. The lowest BCUT2D eigenvalue weighted by Gasteiger charge is -2.03. The van der Waals surface area contributed by atoms with Crippen LogP contribution in [-0.2, 0) is 4.74 Å². The van der Waals surface area contributed by atoms with Gasteiger partial charge in [-0.2, -0.15) is 0 Å². The van der Waals surface area contributed by atoms with Crippen molar-refractivity contribution in [3.8, 4) is 0 Å². The summed E-state index contributed by atoms with van der Waals surface area (Å²) in [6.45, 7) is 1.76. The first-order chi connectivity index (χ1) is 5.27. The molecule has 0 spiro atoms. The smallest absolute Gasteiger partial charge is 0.185 e. The fraction of sp³-hybridized carbons (Fsp3) is 0.833. The summed E-state index contributed by atoms with van der Waals surface area (Å²) in [6.07, 6.45) is 0.653. The van der Waals surface area contributed by atoms with E-state index < -0.39 is 0 Å². The molecular weight excluding hydrogens is 146 g/mol. The Hall–Kier alpha value is -0.810. The monoisotopic (exact) mass is 161 g/mol. The SMILES string of the molecule is N=C(N)NCCOCCCO. The van der Waals surface area contributed by atoms with Crippen LogP contribution in [0.25, 0.3) is 0 Å². The minimum absolute atomic E-state index is 0.0456. The summed E-state index contributed by atoms with van der Waals surface area (Å²) in [6, 6.07) is 0. The van der Waals surface area contributed by atoms with Crippen LogP contribution in [0, 0.1) is 5.41 Å². The number of rotatable bonds is 6. The maximum Gasteiger partial charge on any atom is 0.185 e. The molecule has 11 heavy (non-hydrogen) atoms. The second kappa shape index (κ2) is 7.30. The highest BCUT2D eigenvalue weighted by Gasteiger charge is 1.88. The van der Waals surface area contributed by atoms with Crippen LogP contribution < -0.4 is 11.1 Å². The minimum Gasteiger partial charge on any atom is -0.396 e. The molecule has 5 N–H and O–H groups in total. The van der Waals surface area contributed by atoms with Gasteiger partial charge in [0.05, 0.1) is 6.61 Å². The van der Waals surface area contributed by atoms with Crippen molar-refractivity contribution in [2.24, 2.45) is 5.73 Å². The van der Waals surface area contributed by atoms with Crippen LogP contribution in [0.2, 0.25) is 0 Å². The van der Waals surface area contributed by atoms with Crippen LogP contribution in [0.3, 0.4) is 0 Å². The number of hydrogen-bond acceptors (Lipinski definition) is 3. The van der Waals surface area contributed by atoms with Gasteiger partial charge in [-0.3, -0.25) is 5.41 Å². The van der Waals surface area contributed by atoms with Gasteiger partial charge >= 0.3 is 0 Å². The van der Waals surface area contributed by atoms with E-state index in [-0.39, 0.29) is 12.6 Å². The van der Waals surface area contributed by atoms with Crippen molar-refractivity contribution < 1.29 is 9.84 Å². The molecule has 0 aromatic heterocycles. The molecule has 0 aliphatic heterocycles. The Labute approximate surface area is 66.0 Å². The number of guanidine groups is 1. The Morgan fingerprint density at radius 3 is 2.82 bits per heavy atom. The molecule has 5 nitrogen and oxygen atoms in total. The fourth-order valence-corrected chi connectivity index (χ4v) is 0.527. The maximum atomic E-state index is 8.36. The van der Waals surface area contributed by atoms with Gasteiger partial charge in [0.25, 0.3) is 0 Å². The first kappa shape index (κ1) is 10.2. The van der Waals surface area contributed by atoms with Crippen molar-refractivity contribution in [3.63, 3.8) is 0 Å². The van der Waals surface area contributed by atoms with Gasteiger partial charge in [-0.25, -0.2) is 0 Å². The highest BCUT2D eigenvalue weighted by atomic mass is 16.5. The summed E-state index contributed by atoms with van der Waals surface area (Å²) in [5.41, 5.74) is 5.01. The summed E-state index contributed by atoms with van der Waals surface area (Å²) in [5.74, 6) is -0.0456. The number of aliphatic hydroxyl groups is 1. The first-order valence-electron chi connectivity index (χ1n) is 3.54.